The summed E-state index contributed by atoms with van der Waals surface area (Å²) in [6, 6.07) is 0. The van der Waals surface area contributed by atoms with Gasteiger partial charge in [-0.3, -0.25) is 0 Å². The van der Waals surface area contributed by atoms with Crippen molar-refractivity contribution in [3.05, 3.63) is 0 Å². The van der Waals surface area contributed by atoms with Crippen molar-refractivity contribution in [1.82, 2.24) is 0 Å². The van der Waals surface area contributed by atoms with E-state index in [1.165, 1.54) is 0 Å². The highest BCUT2D eigenvalue weighted by Crippen LogP contribution is 1.81. The predicted octanol–water partition coefficient (Wildman–Crippen LogP) is -1.23. The van der Waals surface area contributed by atoms with Crippen molar-refractivity contribution in [3.8, 4) is 0 Å². The van der Waals surface area contributed by atoms with E-state index in [9.17, 15) is 0 Å². The number of hydrogen-bond donors (Lipinski definition) is 1. The van der Waals surface area contributed by atoms with Gasteiger partial charge in [0, 0.05) is 0 Å². The molecule has 7 heavy (non-hydrogen) atoms. The summed E-state index contributed by atoms with van der Waals surface area (Å²) in [5.41, 5.74) is 0. The van der Waals surface area contributed by atoms with E-state index in [1.54, 1.807) is 6.92 Å². The molecular formula is C4H15AlO2. The van der Waals surface area contributed by atoms with Crippen molar-refractivity contribution < 1.29 is 10.6 Å². The van der Waals surface area contributed by atoms with Gasteiger partial charge >= 0.3 is 0 Å². The fourth-order valence-electron chi connectivity index (χ4n) is 0. The maximum Gasteiger partial charge on any atom is 0.187 e. The molecule has 3 heteroatoms. The Hall–Kier alpha value is 0.452. The van der Waals surface area contributed by atoms with Crippen LogP contribution in [0.25, 0.3) is 0 Å². The molecule has 0 saturated carbocycles. The Labute approximate surface area is 55.0 Å². The van der Waals surface area contributed by atoms with Crippen LogP contribution in [0.2, 0.25) is 0 Å². The third-order valence-electron chi connectivity index (χ3n) is 0.591. The van der Waals surface area contributed by atoms with Gasteiger partial charge in [-0.1, -0.05) is 6.92 Å². The minimum atomic E-state index is -0.116. The molecular weight excluding hydrogens is 107 g/mol. The summed E-state index contributed by atoms with van der Waals surface area (Å²) in [5, 5.41) is 8.36. The fourth-order valence-corrected chi connectivity index (χ4v) is 0. The monoisotopic (exact) mass is 122 g/mol. The smallest absolute Gasteiger partial charge is 0.187 e. The van der Waals surface area contributed by atoms with Crippen LogP contribution >= 0.6 is 0 Å². The molecule has 1 unspecified atom stereocenters. The molecule has 0 amide bonds. The first-order valence-corrected chi connectivity index (χ1v) is 1.95. The van der Waals surface area contributed by atoms with Crippen molar-refractivity contribution in [2.45, 2.75) is 26.4 Å². The van der Waals surface area contributed by atoms with Crippen molar-refractivity contribution in [3.63, 3.8) is 0 Å². The second kappa shape index (κ2) is 9.68. The van der Waals surface area contributed by atoms with Crippen LogP contribution in [-0.4, -0.2) is 34.0 Å². The average molecular weight is 122 g/mol. The molecule has 0 aliphatic rings. The van der Waals surface area contributed by atoms with Crippen LogP contribution in [0.3, 0.4) is 0 Å². The summed E-state index contributed by atoms with van der Waals surface area (Å²) in [6.45, 7) is 3.73. The summed E-state index contributed by atoms with van der Waals surface area (Å²) in [7, 11) is 0. The minimum absolute atomic E-state index is 0. The Balaban J connectivity index is -0.0000000800. The van der Waals surface area contributed by atoms with Crippen LogP contribution in [0.5, 0.6) is 0 Å². The Kier molecular flexibility index (Phi) is 21.6. The van der Waals surface area contributed by atoms with E-state index in [1.807, 2.05) is 6.92 Å². The number of hydrogen-bond acceptors (Lipinski definition) is 1. The van der Waals surface area contributed by atoms with Crippen LogP contribution in [0, 0.1) is 0 Å². The van der Waals surface area contributed by atoms with E-state index in [0.717, 1.165) is 6.42 Å². The number of aliphatic hydroxyl groups is 1. The van der Waals surface area contributed by atoms with E-state index in [4.69, 9.17) is 5.11 Å². The standard InChI is InChI=1S/C4H10O.Al.H2O.3H/c1-3-4(2)5;;;;;/h4-5H,3H2,1-2H3;;1H2;;;. The van der Waals surface area contributed by atoms with Crippen molar-refractivity contribution in [2.24, 2.45) is 0 Å². The minimum Gasteiger partial charge on any atom is -0.412 e. The molecule has 0 radical (unpaired) electrons. The molecule has 0 saturated heterocycles. The van der Waals surface area contributed by atoms with E-state index in [0.29, 0.717) is 0 Å². The molecule has 0 fully saturated rings. The van der Waals surface area contributed by atoms with Crippen LogP contribution in [0.1, 0.15) is 20.3 Å². The maximum atomic E-state index is 8.36. The molecule has 0 aliphatic heterocycles. The van der Waals surface area contributed by atoms with Gasteiger partial charge in [-0.15, -0.1) is 0 Å². The molecule has 0 aromatic heterocycles. The first kappa shape index (κ1) is 15.7. The predicted molar refractivity (Wildman–Crippen MR) is 35.5 cm³/mol. The van der Waals surface area contributed by atoms with Crippen LogP contribution in [0.15, 0.2) is 0 Å². The highest BCUT2D eigenvalue weighted by atomic mass is 27.0. The average Bonchev–Trinajstić information content (AvgIpc) is 1.38. The molecule has 0 aromatic rings. The molecule has 0 rings (SSSR count). The third kappa shape index (κ3) is 21.3. The largest absolute Gasteiger partial charge is 0.412 e. The Bertz CT molecular complexity index is 23.7. The lowest BCUT2D eigenvalue weighted by Crippen LogP contribution is -1.93. The van der Waals surface area contributed by atoms with E-state index in [2.05, 4.69) is 0 Å². The normalized spacial score (nSPS) is 10.7. The van der Waals surface area contributed by atoms with Gasteiger partial charge in [-0.05, 0) is 13.3 Å². The fraction of sp³-hybridized carbons (Fsp3) is 1.00. The molecule has 2 nitrogen and oxygen atoms in total. The second-order valence-electron chi connectivity index (χ2n) is 1.26. The Morgan fingerprint density at radius 2 is 1.71 bits per heavy atom. The molecule has 0 aromatic carbocycles. The van der Waals surface area contributed by atoms with Crippen LogP contribution in [0.4, 0.5) is 0 Å². The van der Waals surface area contributed by atoms with E-state index < -0.39 is 0 Å². The Morgan fingerprint density at radius 1 is 1.57 bits per heavy atom. The summed E-state index contributed by atoms with van der Waals surface area (Å²) < 4.78 is 0. The highest BCUT2D eigenvalue weighted by Gasteiger charge is 1.81. The van der Waals surface area contributed by atoms with Gasteiger partial charge in [-0.25, -0.2) is 0 Å². The van der Waals surface area contributed by atoms with Crippen LogP contribution in [-0.2, 0) is 0 Å². The molecule has 0 bridgehead atoms. The zero-order valence-corrected chi connectivity index (χ0v) is 4.23. The topological polar surface area (TPSA) is 51.7 Å². The van der Waals surface area contributed by atoms with Gasteiger partial charge in [0.15, 0.2) is 17.4 Å². The number of rotatable bonds is 1. The van der Waals surface area contributed by atoms with Gasteiger partial charge in [0.1, 0.15) is 0 Å². The molecule has 0 aliphatic carbocycles. The summed E-state index contributed by atoms with van der Waals surface area (Å²) in [6.07, 6.45) is 0.745. The van der Waals surface area contributed by atoms with Gasteiger partial charge in [0.05, 0.1) is 6.10 Å². The van der Waals surface area contributed by atoms with Gasteiger partial charge in [-0.2, -0.15) is 0 Å². The van der Waals surface area contributed by atoms with Gasteiger partial charge < -0.3 is 10.6 Å². The summed E-state index contributed by atoms with van der Waals surface area (Å²) in [4.78, 5) is 0. The molecule has 46 valence electrons. The van der Waals surface area contributed by atoms with Gasteiger partial charge in [0.25, 0.3) is 0 Å². The molecule has 0 spiro atoms. The highest BCUT2D eigenvalue weighted by molar-refractivity contribution is 5.75. The van der Waals surface area contributed by atoms with Crippen molar-refractivity contribution in [2.75, 3.05) is 0 Å². The van der Waals surface area contributed by atoms with Crippen molar-refractivity contribution in [1.29, 1.82) is 0 Å². The lowest BCUT2D eigenvalue weighted by atomic mass is 10.3. The summed E-state index contributed by atoms with van der Waals surface area (Å²) >= 11 is 0. The maximum absolute atomic E-state index is 8.36. The zero-order valence-electron chi connectivity index (χ0n) is 4.23. The zero-order chi connectivity index (χ0) is 4.28. The lowest BCUT2D eigenvalue weighted by Gasteiger charge is -1.90. The third-order valence-corrected chi connectivity index (χ3v) is 0.591. The van der Waals surface area contributed by atoms with Crippen LogP contribution < -0.4 is 0 Å². The van der Waals surface area contributed by atoms with Gasteiger partial charge in [0.2, 0.25) is 0 Å². The lowest BCUT2D eigenvalue weighted by molar-refractivity contribution is 0.191. The summed E-state index contributed by atoms with van der Waals surface area (Å²) in [5.74, 6) is 0. The first-order chi connectivity index (χ1) is 2.27. The van der Waals surface area contributed by atoms with Crippen molar-refractivity contribution >= 4 is 17.4 Å². The first-order valence-electron chi connectivity index (χ1n) is 1.95. The molecule has 1 atom stereocenters. The molecule has 0 heterocycles. The quantitative estimate of drug-likeness (QED) is 0.435. The van der Waals surface area contributed by atoms with E-state index >= 15 is 0 Å². The van der Waals surface area contributed by atoms with E-state index in [-0.39, 0.29) is 28.9 Å². The number of aliphatic hydroxyl groups excluding tert-OH is 1. The Morgan fingerprint density at radius 3 is 1.71 bits per heavy atom. The molecule has 3 N–H and O–H groups in total. The second-order valence-corrected chi connectivity index (χ2v) is 1.26. The SMILES string of the molecule is CCC(C)O.O.[AlH3].